The molecular weight excluding hydrogens is 398 g/mol. The number of carbonyl (C=O) groups is 2. The SMILES string of the molecule is CCOc1ccc2c(c1)C1(CCN(C(C)=O)C1)CN2C(=O)Cc1ncc(Cl)s1. The summed E-state index contributed by atoms with van der Waals surface area (Å²) in [6.45, 7) is 6.03. The van der Waals surface area contributed by atoms with Gasteiger partial charge in [-0.2, -0.15) is 0 Å². The molecule has 1 aromatic carbocycles. The average Bonchev–Trinajstić information content (AvgIpc) is 3.35. The third kappa shape index (κ3) is 3.37. The van der Waals surface area contributed by atoms with Crippen LogP contribution in [0.2, 0.25) is 4.34 Å². The van der Waals surface area contributed by atoms with Crippen LogP contribution in [0.25, 0.3) is 0 Å². The van der Waals surface area contributed by atoms with Crippen molar-refractivity contribution in [3.63, 3.8) is 0 Å². The van der Waals surface area contributed by atoms with Gasteiger partial charge in [-0.1, -0.05) is 11.6 Å². The van der Waals surface area contributed by atoms with Gasteiger partial charge in [-0.05, 0) is 37.1 Å². The molecule has 0 aliphatic carbocycles. The molecule has 1 fully saturated rings. The minimum atomic E-state index is -0.246. The first kappa shape index (κ1) is 19.2. The lowest BCUT2D eigenvalue weighted by Crippen LogP contribution is -2.40. The van der Waals surface area contributed by atoms with E-state index in [-0.39, 0.29) is 23.7 Å². The Labute approximate surface area is 173 Å². The van der Waals surface area contributed by atoms with Gasteiger partial charge in [-0.15, -0.1) is 11.3 Å². The Balaban J connectivity index is 1.67. The average molecular weight is 420 g/mol. The van der Waals surface area contributed by atoms with Crippen LogP contribution in [-0.4, -0.2) is 47.9 Å². The van der Waals surface area contributed by atoms with E-state index in [0.717, 1.165) is 23.4 Å². The molecule has 148 valence electrons. The van der Waals surface area contributed by atoms with Crippen molar-refractivity contribution < 1.29 is 14.3 Å². The highest BCUT2D eigenvalue weighted by Gasteiger charge is 2.49. The zero-order chi connectivity index (χ0) is 19.9. The summed E-state index contributed by atoms with van der Waals surface area (Å²) in [6, 6.07) is 5.90. The fourth-order valence-corrected chi connectivity index (χ4v) is 5.16. The highest BCUT2D eigenvalue weighted by atomic mass is 35.5. The predicted molar refractivity (Wildman–Crippen MR) is 109 cm³/mol. The summed E-state index contributed by atoms with van der Waals surface area (Å²) in [4.78, 5) is 32.9. The Hall–Kier alpha value is -2.12. The van der Waals surface area contributed by atoms with Crippen LogP contribution < -0.4 is 9.64 Å². The molecule has 1 atom stereocenters. The van der Waals surface area contributed by atoms with Crippen LogP contribution >= 0.6 is 22.9 Å². The summed E-state index contributed by atoms with van der Waals surface area (Å²) in [5, 5.41) is 0.709. The molecule has 6 nitrogen and oxygen atoms in total. The fraction of sp³-hybridized carbons (Fsp3) is 0.450. The van der Waals surface area contributed by atoms with E-state index >= 15 is 0 Å². The molecule has 2 amide bonds. The molecule has 0 saturated carbocycles. The second kappa shape index (κ2) is 7.37. The lowest BCUT2D eigenvalue weighted by molar-refractivity contribution is -0.127. The molecule has 2 aromatic rings. The lowest BCUT2D eigenvalue weighted by atomic mass is 9.81. The van der Waals surface area contributed by atoms with Crippen molar-refractivity contribution >= 4 is 40.4 Å². The van der Waals surface area contributed by atoms with Gasteiger partial charge in [0, 0.05) is 37.7 Å². The van der Waals surface area contributed by atoms with Gasteiger partial charge in [-0.3, -0.25) is 9.59 Å². The maximum atomic E-state index is 13.1. The summed E-state index contributed by atoms with van der Waals surface area (Å²) < 4.78 is 6.27. The van der Waals surface area contributed by atoms with Crippen LogP contribution in [0.5, 0.6) is 5.75 Å². The smallest absolute Gasteiger partial charge is 0.233 e. The number of carbonyl (C=O) groups excluding carboxylic acids is 2. The summed E-state index contributed by atoms with van der Waals surface area (Å²) in [7, 11) is 0. The molecule has 8 heteroatoms. The Morgan fingerprint density at radius 2 is 2.18 bits per heavy atom. The van der Waals surface area contributed by atoms with Crippen molar-refractivity contribution in [1.82, 2.24) is 9.88 Å². The zero-order valence-corrected chi connectivity index (χ0v) is 17.5. The number of likely N-dealkylation sites (tertiary alicyclic amines) is 1. The van der Waals surface area contributed by atoms with E-state index < -0.39 is 0 Å². The summed E-state index contributed by atoms with van der Waals surface area (Å²) in [6.07, 6.45) is 2.63. The number of hydrogen-bond donors (Lipinski definition) is 0. The summed E-state index contributed by atoms with van der Waals surface area (Å²) in [5.74, 6) is 0.860. The van der Waals surface area contributed by atoms with Gasteiger partial charge in [0.2, 0.25) is 11.8 Å². The van der Waals surface area contributed by atoms with E-state index in [2.05, 4.69) is 4.98 Å². The van der Waals surface area contributed by atoms with Gasteiger partial charge >= 0.3 is 0 Å². The topological polar surface area (TPSA) is 62.7 Å². The maximum absolute atomic E-state index is 13.1. The molecule has 3 heterocycles. The van der Waals surface area contributed by atoms with Crippen LogP contribution in [0.3, 0.4) is 0 Å². The van der Waals surface area contributed by atoms with E-state index in [1.165, 1.54) is 11.3 Å². The number of ether oxygens (including phenoxy) is 1. The van der Waals surface area contributed by atoms with Crippen molar-refractivity contribution in [1.29, 1.82) is 0 Å². The second-order valence-corrected chi connectivity index (χ2v) is 9.04. The van der Waals surface area contributed by atoms with E-state index in [1.807, 2.05) is 34.9 Å². The second-order valence-electron chi connectivity index (χ2n) is 7.30. The van der Waals surface area contributed by atoms with Crippen molar-refractivity contribution in [2.75, 3.05) is 31.1 Å². The Bertz CT molecular complexity index is 931. The number of anilines is 1. The van der Waals surface area contributed by atoms with Crippen molar-refractivity contribution in [3.05, 3.63) is 39.3 Å². The van der Waals surface area contributed by atoms with Gasteiger partial charge in [0.1, 0.15) is 15.1 Å². The van der Waals surface area contributed by atoms with Crippen molar-refractivity contribution in [2.45, 2.75) is 32.1 Å². The Morgan fingerprint density at radius 3 is 2.82 bits per heavy atom. The molecule has 1 unspecified atom stereocenters. The molecule has 1 saturated heterocycles. The number of fused-ring (bicyclic) bond motifs is 2. The number of benzene rings is 1. The van der Waals surface area contributed by atoms with E-state index in [0.29, 0.717) is 35.6 Å². The first-order chi connectivity index (χ1) is 13.4. The van der Waals surface area contributed by atoms with Crippen LogP contribution in [0.4, 0.5) is 5.69 Å². The Morgan fingerprint density at radius 1 is 1.36 bits per heavy atom. The van der Waals surface area contributed by atoms with Crippen LogP contribution in [0.1, 0.15) is 30.8 Å². The normalized spacial score (nSPS) is 20.7. The van der Waals surface area contributed by atoms with Gasteiger partial charge in [0.15, 0.2) is 0 Å². The van der Waals surface area contributed by atoms with Gasteiger partial charge < -0.3 is 14.5 Å². The highest BCUT2D eigenvalue weighted by molar-refractivity contribution is 7.15. The largest absolute Gasteiger partial charge is 0.494 e. The minimum absolute atomic E-state index is 0.00502. The molecule has 1 spiro atoms. The van der Waals surface area contributed by atoms with Crippen molar-refractivity contribution in [2.24, 2.45) is 0 Å². The van der Waals surface area contributed by atoms with Gasteiger partial charge in [0.05, 0.1) is 19.2 Å². The van der Waals surface area contributed by atoms with Crippen LogP contribution in [0.15, 0.2) is 24.4 Å². The highest BCUT2D eigenvalue weighted by Crippen LogP contribution is 2.48. The number of halogens is 1. The monoisotopic (exact) mass is 419 g/mol. The number of amides is 2. The number of aromatic nitrogens is 1. The number of thiazole rings is 1. The van der Waals surface area contributed by atoms with E-state index in [1.54, 1.807) is 13.1 Å². The van der Waals surface area contributed by atoms with Gasteiger partial charge in [-0.25, -0.2) is 4.98 Å². The molecular formula is C20H22ClN3O3S. The third-order valence-corrected chi connectivity index (χ3v) is 6.64. The van der Waals surface area contributed by atoms with Crippen molar-refractivity contribution in [3.8, 4) is 5.75 Å². The van der Waals surface area contributed by atoms with Crippen LogP contribution in [0, 0.1) is 0 Å². The predicted octanol–water partition coefficient (Wildman–Crippen LogP) is 3.27. The first-order valence-electron chi connectivity index (χ1n) is 9.35. The maximum Gasteiger partial charge on any atom is 0.233 e. The molecule has 0 bridgehead atoms. The third-order valence-electron chi connectivity index (χ3n) is 5.53. The number of rotatable bonds is 4. The quantitative estimate of drug-likeness (QED) is 0.763. The molecule has 0 N–H and O–H groups in total. The molecule has 1 aromatic heterocycles. The fourth-order valence-electron chi connectivity index (χ4n) is 4.21. The first-order valence-corrected chi connectivity index (χ1v) is 10.5. The minimum Gasteiger partial charge on any atom is -0.494 e. The van der Waals surface area contributed by atoms with E-state index in [9.17, 15) is 9.59 Å². The molecule has 28 heavy (non-hydrogen) atoms. The lowest BCUT2D eigenvalue weighted by Gasteiger charge is -2.25. The standard InChI is InChI=1S/C20H22ClN3O3S/c1-3-27-14-4-5-16-15(8-14)20(6-7-23(11-20)13(2)25)12-24(16)19(26)9-18-22-10-17(21)28-18/h4-5,8,10H,3,6-7,9,11-12H2,1-2H3. The summed E-state index contributed by atoms with van der Waals surface area (Å²) in [5.41, 5.74) is 1.75. The Kier molecular flexibility index (Phi) is 5.05. The molecule has 2 aliphatic heterocycles. The van der Waals surface area contributed by atoms with E-state index in [4.69, 9.17) is 16.3 Å². The van der Waals surface area contributed by atoms with Gasteiger partial charge in [0.25, 0.3) is 0 Å². The summed E-state index contributed by atoms with van der Waals surface area (Å²) >= 11 is 7.28. The number of nitrogens with zero attached hydrogens (tertiary/aromatic N) is 3. The molecule has 4 rings (SSSR count). The number of hydrogen-bond acceptors (Lipinski definition) is 5. The molecule has 0 radical (unpaired) electrons. The molecule has 2 aliphatic rings. The van der Waals surface area contributed by atoms with Crippen LogP contribution in [-0.2, 0) is 21.4 Å². The zero-order valence-electron chi connectivity index (χ0n) is 15.9.